The summed E-state index contributed by atoms with van der Waals surface area (Å²) in [6, 6.07) is 12.5. The summed E-state index contributed by atoms with van der Waals surface area (Å²) in [4.78, 5) is 30.6. The van der Waals surface area contributed by atoms with Gasteiger partial charge < -0.3 is 10.1 Å². The number of methoxy groups -OCH3 is 1. The van der Waals surface area contributed by atoms with Crippen molar-refractivity contribution in [2.75, 3.05) is 12.9 Å². The molecule has 1 heterocycles. The molecule has 2 aromatic carbocycles. The number of carbonyl (C=O) groups excluding carboxylic acids is 1. The van der Waals surface area contributed by atoms with Crippen LogP contribution in [0.25, 0.3) is 16.6 Å². The lowest BCUT2D eigenvalue weighted by atomic mass is 9.95. The number of amides is 1. The SMILES string of the molecule is COc1ccccc1-n1c(SCC(=O)NC2CCCCC2)nc2cc(Cl)ccc2c1=O. The van der Waals surface area contributed by atoms with E-state index in [9.17, 15) is 9.59 Å². The molecule has 0 bridgehead atoms. The first kappa shape index (κ1) is 21.7. The van der Waals surface area contributed by atoms with E-state index >= 15 is 0 Å². The predicted molar refractivity (Wildman–Crippen MR) is 125 cm³/mol. The predicted octanol–water partition coefficient (Wildman–Crippen LogP) is 4.59. The maximum atomic E-state index is 13.4. The Morgan fingerprint density at radius 2 is 2.00 bits per heavy atom. The number of nitrogens with zero attached hydrogens (tertiary/aromatic N) is 2. The zero-order chi connectivity index (χ0) is 21.8. The van der Waals surface area contributed by atoms with Crippen LogP contribution in [0.5, 0.6) is 5.75 Å². The molecule has 0 atom stereocenters. The van der Waals surface area contributed by atoms with E-state index in [-0.39, 0.29) is 23.3 Å². The summed E-state index contributed by atoms with van der Waals surface area (Å²) in [5, 5.41) is 4.48. The topological polar surface area (TPSA) is 73.2 Å². The van der Waals surface area contributed by atoms with Crippen LogP contribution in [0.4, 0.5) is 0 Å². The normalized spacial score (nSPS) is 14.5. The molecule has 1 amide bonds. The van der Waals surface area contributed by atoms with Crippen LogP contribution < -0.4 is 15.6 Å². The number of benzene rings is 2. The van der Waals surface area contributed by atoms with Crippen LogP contribution in [0.15, 0.2) is 52.4 Å². The molecule has 1 aliphatic carbocycles. The van der Waals surface area contributed by atoms with Crippen molar-refractivity contribution in [2.45, 2.75) is 43.3 Å². The van der Waals surface area contributed by atoms with E-state index in [0.717, 1.165) is 25.7 Å². The molecule has 8 heteroatoms. The van der Waals surface area contributed by atoms with Gasteiger partial charge in [-0.1, -0.05) is 54.8 Å². The summed E-state index contributed by atoms with van der Waals surface area (Å²) in [6.45, 7) is 0. The molecule has 162 valence electrons. The standard InChI is InChI=1S/C23H24ClN3O3S/c1-30-20-10-6-5-9-19(20)27-22(29)17-12-11-15(24)13-18(17)26-23(27)31-14-21(28)25-16-7-3-2-4-8-16/h5-6,9-13,16H,2-4,7-8,14H2,1H3,(H,25,28). The van der Waals surface area contributed by atoms with Gasteiger partial charge in [0.25, 0.3) is 5.56 Å². The largest absolute Gasteiger partial charge is 0.495 e. The van der Waals surface area contributed by atoms with Gasteiger partial charge in [-0.05, 0) is 43.2 Å². The van der Waals surface area contributed by atoms with Crippen LogP contribution in [0, 0.1) is 0 Å². The third-order valence-electron chi connectivity index (χ3n) is 5.43. The first-order valence-electron chi connectivity index (χ1n) is 10.3. The third kappa shape index (κ3) is 4.88. The van der Waals surface area contributed by atoms with Crippen molar-refractivity contribution >= 4 is 40.2 Å². The minimum absolute atomic E-state index is 0.0519. The molecule has 31 heavy (non-hydrogen) atoms. The van der Waals surface area contributed by atoms with E-state index in [1.165, 1.54) is 22.7 Å². The Bertz CT molecular complexity index is 1160. The minimum Gasteiger partial charge on any atom is -0.495 e. The van der Waals surface area contributed by atoms with Gasteiger partial charge in [0.05, 0.1) is 29.5 Å². The lowest BCUT2D eigenvalue weighted by molar-refractivity contribution is -0.119. The van der Waals surface area contributed by atoms with E-state index in [0.29, 0.717) is 32.5 Å². The molecule has 0 unspecified atom stereocenters. The van der Waals surface area contributed by atoms with E-state index in [1.54, 1.807) is 37.4 Å². The second-order valence-electron chi connectivity index (χ2n) is 7.56. The van der Waals surface area contributed by atoms with Gasteiger partial charge in [-0.3, -0.25) is 14.2 Å². The van der Waals surface area contributed by atoms with E-state index in [4.69, 9.17) is 16.3 Å². The molecule has 0 aliphatic heterocycles. The highest BCUT2D eigenvalue weighted by atomic mass is 35.5. The van der Waals surface area contributed by atoms with Crippen molar-refractivity contribution in [3.63, 3.8) is 0 Å². The first-order valence-corrected chi connectivity index (χ1v) is 11.7. The van der Waals surface area contributed by atoms with Gasteiger partial charge in [-0.15, -0.1) is 0 Å². The third-order valence-corrected chi connectivity index (χ3v) is 6.60. The Balaban J connectivity index is 1.70. The number of hydrogen-bond acceptors (Lipinski definition) is 5. The summed E-state index contributed by atoms with van der Waals surface area (Å²) in [7, 11) is 1.56. The molecule has 4 rings (SSSR count). The zero-order valence-electron chi connectivity index (χ0n) is 17.3. The molecular weight excluding hydrogens is 434 g/mol. The molecule has 1 saturated carbocycles. The highest BCUT2D eigenvalue weighted by Gasteiger charge is 2.19. The summed E-state index contributed by atoms with van der Waals surface area (Å²) >= 11 is 7.36. The van der Waals surface area contributed by atoms with Crippen LogP contribution in [0.1, 0.15) is 32.1 Å². The van der Waals surface area contributed by atoms with Crippen molar-refractivity contribution in [1.29, 1.82) is 0 Å². The van der Waals surface area contributed by atoms with Crippen molar-refractivity contribution in [2.24, 2.45) is 0 Å². The Morgan fingerprint density at radius 3 is 2.77 bits per heavy atom. The maximum Gasteiger partial charge on any atom is 0.266 e. The Hall–Kier alpha value is -2.51. The molecule has 0 saturated heterocycles. The van der Waals surface area contributed by atoms with Gasteiger partial charge in [0.1, 0.15) is 5.75 Å². The Labute approximate surface area is 190 Å². The van der Waals surface area contributed by atoms with Crippen LogP contribution >= 0.6 is 23.4 Å². The minimum atomic E-state index is -0.235. The van der Waals surface area contributed by atoms with Crippen molar-refractivity contribution in [3.05, 3.63) is 57.8 Å². The Kier molecular flexibility index (Phi) is 6.83. The number of nitrogens with one attached hydrogen (secondary N) is 1. The number of para-hydroxylation sites is 2. The van der Waals surface area contributed by atoms with Gasteiger partial charge in [0, 0.05) is 11.1 Å². The number of halogens is 1. The molecule has 3 aromatic rings. The van der Waals surface area contributed by atoms with Crippen molar-refractivity contribution < 1.29 is 9.53 Å². The van der Waals surface area contributed by atoms with Gasteiger partial charge in [-0.2, -0.15) is 0 Å². The molecule has 1 aliphatic rings. The quantitative estimate of drug-likeness (QED) is 0.433. The second kappa shape index (κ2) is 9.75. The fourth-order valence-corrected chi connectivity index (χ4v) is 4.89. The highest BCUT2D eigenvalue weighted by molar-refractivity contribution is 7.99. The second-order valence-corrected chi connectivity index (χ2v) is 8.94. The molecule has 1 fully saturated rings. The number of rotatable bonds is 6. The molecule has 6 nitrogen and oxygen atoms in total. The van der Waals surface area contributed by atoms with Crippen LogP contribution in [0.2, 0.25) is 5.02 Å². The highest BCUT2D eigenvalue weighted by Crippen LogP contribution is 2.28. The lowest BCUT2D eigenvalue weighted by Gasteiger charge is -2.22. The number of hydrogen-bond donors (Lipinski definition) is 1. The van der Waals surface area contributed by atoms with Gasteiger partial charge in [0.15, 0.2) is 5.16 Å². The Morgan fingerprint density at radius 1 is 1.23 bits per heavy atom. The maximum absolute atomic E-state index is 13.4. The van der Waals surface area contributed by atoms with Gasteiger partial charge >= 0.3 is 0 Å². The molecule has 1 aromatic heterocycles. The molecule has 1 N–H and O–H groups in total. The molecule has 0 spiro atoms. The number of ether oxygens (including phenoxy) is 1. The summed E-state index contributed by atoms with van der Waals surface area (Å²) in [5.41, 5.74) is 0.842. The summed E-state index contributed by atoms with van der Waals surface area (Å²) in [5.74, 6) is 0.668. The van der Waals surface area contributed by atoms with Crippen molar-refractivity contribution in [3.8, 4) is 11.4 Å². The number of thioether (sulfide) groups is 1. The van der Waals surface area contributed by atoms with E-state index < -0.39 is 0 Å². The number of carbonyl (C=O) groups is 1. The molecular formula is C23H24ClN3O3S. The molecule has 0 radical (unpaired) electrons. The van der Waals surface area contributed by atoms with Gasteiger partial charge in [0.2, 0.25) is 5.91 Å². The average Bonchev–Trinajstić information content (AvgIpc) is 2.78. The van der Waals surface area contributed by atoms with Crippen LogP contribution in [0.3, 0.4) is 0 Å². The average molecular weight is 458 g/mol. The zero-order valence-corrected chi connectivity index (χ0v) is 18.8. The van der Waals surface area contributed by atoms with Crippen LogP contribution in [-0.2, 0) is 4.79 Å². The monoisotopic (exact) mass is 457 g/mol. The van der Waals surface area contributed by atoms with E-state index in [1.807, 2.05) is 12.1 Å². The fraction of sp³-hybridized carbons (Fsp3) is 0.348. The summed E-state index contributed by atoms with van der Waals surface area (Å²) < 4.78 is 6.98. The van der Waals surface area contributed by atoms with Gasteiger partial charge in [-0.25, -0.2) is 4.98 Å². The van der Waals surface area contributed by atoms with Crippen LogP contribution in [-0.4, -0.2) is 34.4 Å². The van der Waals surface area contributed by atoms with Crippen molar-refractivity contribution in [1.82, 2.24) is 14.9 Å². The smallest absolute Gasteiger partial charge is 0.266 e. The lowest BCUT2D eigenvalue weighted by Crippen LogP contribution is -2.37. The first-order chi connectivity index (χ1) is 15.1. The van der Waals surface area contributed by atoms with E-state index in [2.05, 4.69) is 10.3 Å². The summed E-state index contributed by atoms with van der Waals surface area (Å²) in [6.07, 6.45) is 5.58. The number of aromatic nitrogens is 2. The fourth-order valence-electron chi connectivity index (χ4n) is 3.91. The number of fused-ring (bicyclic) bond motifs is 1.